The second kappa shape index (κ2) is 16.5. The molecule has 0 radical (unpaired) electrons. The van der Waals surface area contributed by atoms with Crippen LogP contribution < -0.4 is 0 Å². The third-order valence-electron chi connectivity index (χ3n) is 9.33. The summed E-state index contributed by atoms with van der Waals surface area (Å²) >= 11 is 0. The van der Waals surface area contributed by atoms with Crippen molar-refractivity contribution in [3.63, 3.8) is 0 Å². The number of nitrogens with zero attached hydrogens (tertiary/aromatic N) is 4. The van der Waals surface area contributed by atoms with E-state index in [9.17, 15) is 24.6 Å². The van der Waals surface area contributed by atoms with Crippen molar-refractivity contribution in [1.29, 1.82) is 0 Å². The van der Waals surface area contributed by atoms with Gasteiger partial charge in [-0.15, -0.1) is 0 Å². The second-order valence-corrected chi connectivity index (χ2v) is 13.5. The summed E-state index contributed by atoms with van der Waals surface area (Å²) in [5, 5.41) is 26.6. The van der Waals surface area contributed by atoms with E-state index in [2.05, 4.69) is 10.0 Å². The predicted octanol–water partition coefficient (Wildman–Crippen LogP) is 3.33. The molecule has 0 aromatic carbocycles. The van der Waals surface area contributed by atoms with Gasteiger partial charge in [0.15, 0.2) is 18.2 Å². The highest BCUT2D eigenvalue weighted by Crippen LogP contribution is 2.39. The van der Waals surface area contributed by atoms with Gasteiger partial charge in [-0.25, -0.2) is 0 Å². The number of hydrogen-bond acceptors (Lipinski definition) is 12. The van der Waals surface area contributed by atoms with Crippen LogP contribution >= 0.6 is 0 Å². The molecule has 2 N–H and O–H groups in total. The lowest BCUT2D eigenvalue weighted by molar-refractivity contribution is -0.303. The molecule has 0 bridgehead atoms. The first-order chi connectivity index (χ1) is 21.3. The highest BCUT2D eigenvalue weighted by molar-refractivity contribution is 5.97. The summed E-state index contributed by atoms with van der Waals surface area (Å²) < 4.78 is 30.4. The van der Waals surface area contributed by atoms with E-state index in [0.29, 0.717) is 6.42 Å². The lowest BCUT2D eigenvalue weighted by Gasteiger charge is -2.48. The van der Waals surface area contributed by atoms with Gasteiger partial charge in [-0.05, 0) is 72.7 Å². The molecule has 14 heteroatoms. The van der Waals surface area contributed by atoms with Crippen molar-refractivity contribution < 1.29 is 48.3 Å². The Kier molecular flexibility index (Phi) is 14.2. The first-order valence-corrected chi connectivity index (χ1v) is 15.9. The number of carbonyl (C=O) groups excluding carboxylic acids is 3. The average molecular weight is 655 g/mol. The molecule has 2 rings (SSSR count). The molecule has 2 aliphatic rings. The number of Topliss-reactive ketones (excluding diaryl/α,β-unsaturated/α-hetero) is 1. The SMILES string of the molecule is CC[C@H]1OC(=O)[C@H](C)[C@@H](O)[C@H](C)[C@@H](OC2O[C@H](C)C[C@H](N(C)C)[C@H]2OC(C)=O)[C@@](C)(OC)C[C@@H](C)C(=O)C(CN=[N+]=[N-])=C[C@]1(C)O. The minimum atomic E-state index is -1.79. The van der Waals surface area contributed by atoms with Crippen molar-refractivity contribution in [2.75, 3.05) is 27.7 Å². The summed E-state index contributed by atoms with van der Waals surface area (Å²) in [6.45, 7) is 12.6. The largest absolute Gasteiger partial charge is 0.459 e. The molecule has 46 heavy (non-hydrogen) atoms. The Morgan fingerprint density at radius 3 is 2.37 bits per heavy atom. The van der Waals surface area contributed by atoms with E-state index in [0.717, 1.165) is 0 Å². The number of hydrogen-bond donors (Lipinski definition) is 2. The van der Waals surface area contributed by atoms with Crippen molar-refractivity contribution in [3.05, 3.63) is 22.1 Å². The lowest BCUT2D eigenvalue weighted by atomic mass is 9.76. The Morgan fingerprint density at radius 2 is 1.85 bits per heavy atom. The van der Waals surface area contributed by atoms with Crippen LogP contribution in [0.4, 0.5) is 0 Å². The Balaban J connectivity index is 2.74. The Hall–Kier alpha value is -2.58. The summed E-state index contributed by atoms with van der Waals surface area (Å²) in [7, 11) is 5.19. The minimum absolute atomic E-state index is 0.0482. The smallest absolute Gasteiger partial charge is 0.311 e. The summed E-state index contributed by atoms with van der Waals surface area (Å²) in [5.41, 5.74) is 5.99. The van der Waals surface area contributed by atoms with Gasteiger partial charge >= 0.3 is 11.9 Å². The molecule has 2 aliphatic heterocycles. The number of azide groups is 1. The number of aliphatic hydroxyl groups excluding tert-OH is 1. The molecule has 0 aromatic heterocycles. The van der Waals surface area contributed by atoms with Gasteiger partial charge in [0, 0.05) is 36.4 Å². The van der Waals surface area contributed by atoms with Crippen LogP contribution in [0.5, 0.6) is 0 Å². The zero-order valence-corrected chi connectivity index (χ0v) is 29.1. The van der Waals surface area contributed by atoms with E-state index < -0.39 is 77.4 Å². The van der Waals surface area contributed by atoms with Crippen LogP contribution in [-0.4, -0.2) is 115 Å². The topological polar surface area (TPSA) is 190 Å². The van der Waals surface area contributed by atoms with Crippen LogP contribution in [0, 0.1) is 17.8 Å². The van der Waals surface area contributed by atoms with Gasteiger partial charge in [-0.3, -0.25) is 14.4 Å². The maximum atomic E-state index is 13.9. The number of esters is 2. The van der Waals surface area contributed by atoms with Gasteiger partial charge in [0.1, 0.15) is 11.7 Å². The molecule has 0 spiro atoms. The molecular formula is C32H54N4O10. The standard InChI is InChI=1S/C32H54N4O10/c1-12-24-31(7,41)15-22(16-34-35-33)25(38)17(2)14-32(8,42-11)28(19(4)26(39)20(5)29(40)45-24)46-30-27(44-21(6)37)23(36(9)10)13-18(3)43-30/h15,17-20,23-24,26-28,30,39,41H,12-14,16H2,1-11H3/t17-,18-,19+,20-,23+,24-,26+,27-,28-,30?,31+,32+/m1/s1. The Morgan fingerprint density at radius 1 is 1.22 bits per heavy atom. The third kappa shape index (κ3) is 9.50. The van der Waals surface area contributed by atoms with Crippen LogP contribution in [0.2, 0.25) is 0 Å². The number of ketones is 1. The predicted molar refractivity (Wildman–Crippen MR) is 168 cm³/mol. The second-order valence-electron chi connectivity index (χ2n) is 13.5. The number of likely N-dealkylation sites (N-methyl/N-ethyl adjacent to an activating group) is 1. The fourth-order valence-electron chi connectivity index (χ4n) is 6.64. The molecule has 2 heterocycles. The lowest BCUT2D eigenvalue weighted by Crippen LogP contribution is -2.60. The number of cyclic esters (lactones) is 1. The number of methoxy groups -OCH3 is 1. The van der Waals surface area contributed by atoms with Crippen LogP contribution in [0.25, 0.3) is 10.4 Å². The highest BCUT2D eigenvalue weighted by atomic mass is 16.7. The van der Waals surface area contributed by atoms with Crippen LogP contribution in [0.15, 0.2) is 16.8 Å². The minimum Gasteiger partial charge on any atom is -0.459 e. The van der Waals surface area contributed by atoms with E-state index >= 15 is 0 Å². The van der Waals surface area contributed by atoms with Gasteiger partial charge in [-0.2, -0.15) is 0 Å². The molecule has 0 aromatic rings. The molecule has 1 unspecified atom stereocenters. The average Bonchev–Trinajstić information content (AvgIpc) is 2.98. The molecule has 0 amide bonds. The van der Waals surface area contributed by atoms with Gasteiger partial charge in [0.2, 0.25) is 0 Å². The van der Waals surface area contributed by atoms with Gasteiger partial charge in [0.25, 0.3) is 0 Å². The van der Waals surface area contributed by atoms with Gasteiger partial charge in [-0.1, -0.05) is 25.9 Å². The van der Waals surface area contributed by atoms with Crippen molar-refractivity contribution in [2.45, 2.75) is 129 Å². The maximum absolute atomic E-state index is 13.9. The fourth-order valence-corrected chi connectivity index (χ4v) is 6.64. The van der Waals surface area contributed by atoms with Crippen LogP contribution in [-0.2, 0) is 38.1 Å². The zero-order valence-electron chi connectivity index (χ0n) is 29.1. The molecule has 0 saturated carbocycles. The van der Waals surface area contributed by atoms with Crippen LogP contribution in [0.3, 0.4) is 0 Å². The van der Waals surface area contributed by atoms with E-state index in [4.69, 9.17) is 29.2 Å². The summed E-state index contributed by atoms with van der Waals surface area (Å²) in [5.74, 6) is -4.32. The Labute approximate surface area is 272 Å². The van der Waals surface area contributed by atoms with Gasteiger partial charge < -0.3 is 38.8 Å². The number of ether oxygens (including phenoxy) is 5. The summed E-state index contributed by atoms with van der Waals surface area (Å²) in [6, 6.07) is -0.258. The van der Waals surface area contributed by atoms with Crippen molar-refractivity contribution in [3.8, 4) is 0 Å². The highest BCUT2D eigenvalue weighted by Gasteiger charge is 2.50. The van der Waals surface area contributed by atoms with E-state index in [1.165, 1.54) is 34.0 Å². The van der Waals surface area contributed by atoms with E-state index in [-0.39, 0.29) is 37.1 Å². The first kappa shape index (κ1) is 39.6. The molecule has 1 saturated heterocycles. The molecule has 1 fully saturated rings. The normalized spacial score (nSPS) is 39.9. The number of aliphatic hydroxyl groups is 2. The van der Waals surface area contributed by atoms with Crippen molar-refractivity contribution in [1.82, 2.24) is 4.90 Å². The van der Waals surface area contributed by atoms with Crippen molar-refractivity contribution >= 4 is 17.7 Å². The quantitative estimate of drug-likeness (QED) is 0.169. The number of carbonyl (C=O) groups is 3. The third-order valence-corrected chi connectivity index (χ3v) is 9.33. The molecule has 0 aliphatic carbocycles. The van der Waals surface area contributed by atoms with Gasteiger partial charge in [0.05, 0.1) is 42.4 Å². The van der Waals surface area contributed by atoms with Crippen molar-refractivity contribution in [2.24, 2.45) is 22.9 Å². The molecular weight excluding hydrogens is 600 g/mol. The zero-order chi connectivity index (χ0) is 35.1. The maximum Gasteiger partial charge on any atom is 0.311 e. The monoisotopic (exact) mass is 654 g/mol. The molecule has 262 valence electrons. The number of rotatable bonds is 8. The molecule has 12 atom stereocenters. The Bertz CT molecular complexity index is 1160. The first-order valence-electron chi connectivity index (χ1n) is 15.9. The molecule has 14 nitrogen and oxygen atoms in total. The summed E-state index contributed by atoms with van der Waals surface area (Å²) in [4.78, 5) is 44.3. The van der Waals surface area contributed by atoms with Crippen LogP contribution in [0.1, 0.15) is 74.7 Å². The van der Waals surface area contributed by atoms with E-state index in [1.807, 2.05) is 25.9 Å². The fraction of sp³-hybridized carbons (Fsp3) is 0.844. The van der Waals surface area contributed by atoms with E-state index in [1.54, 1.807) is 27.7 Å². The summed E-state index contributed by atoms with van der Waals surface area (Å²) in [6.07, 6.45) is -3.50.